The summed E-state index contributed by atoms with van der Waals surface area (Å²) in [6, 6.07) is 31.4. The molecule has 5 rings (SSSR count). The van der Waals surface area contributed by atoms with E-state index in [9.17, 15) is 4.79 Å². The third-order valence-corrected chi connectivity index (χ3v) is 6.77. The smallest absolute Gasteiger partial charge is 0.307 e. The average Bonchev–Trinajstić information content (AvgIpc) is 2.86. The second kappa shape index (κ2) is 9.70. The molecule has 3 atom stereocenters. The van der Waals surface area contributed by atoms with Crippen molar-refractivity contribution in [2.24, 2.45) is 0 Å². The molecule has 0 radical (unpaired) electrons. The lowest BCUT2D eigenvalue weighted by atomic mass is 9.83. The van der Waals surface area contributed by atoms with Crippen molar-refractivity contribution in [3.8, 4) is 5.75 Å². The fourth-order valence-electron chi connectivity index (χ4n) is 5.02. The first-order valence-electron chi connectivity index (χ1n) is 11.9. The highest BCUT2D eigenvalue weighted by Crippen LogP contribution is 2.40. The van der Waals surface area contributed by atoms with Crippen molar-refractivity contribution in [2.45, 2.75) is 37.8 Å². The van der Waals surface area contributed by atoms with Gasteiger partial charge in [0.2, 0.25) is 0 Å². The van der Waals surface area contributed by atoms with Crippen molar-refractivity contribution < 1.29 is 14.6 Å². The Bertz CT molecular complexity index is 1290. The predicted molar refractivity (Wildman–Crippen MR) is 135 cm³/mol. The van der Waals surface area contributed by atoms with Gasteiger partial charge in [0.1, 0.15) is 11.9 Å². The van der Waals surface area contributed by atoms with Gasteiger partial charge >= 0.3 is 5.97 Å². The number of rotatable bonds is 7. The van der Waals surface area contributed by atoms with Crippen LogP contribution in [0.4, 0.5) is 0 Å². The Hall–Kier alpha value is -3.63. The van der Waals surface area contributed by atoms with Crippen LogP contribution in [0.1, 0.15) is 47.6 Å². The van der Waals surface area contributed by atoms with E-state index in [0.29, 0.717) is 0 Å². The van der Waals surface area contributed by atoms with Crippen LogP contribution in [-0.2, 0) is 11.2 Å². The highest BCUT2D eigenvalue weighted by Gasteiger charge is 2.29. The van der Waals surface area contributed by atoms with Gasteiger partial charge in [-0.1, -0.05) is 84.9 Å². The standard InChI is InChI=1S/C30H29NO3/c1-20(25-11-6-8-22-7-2-3-9-26(22)25)31-19-24-18-28(27-10-4-5-12-29(27)34-24)23-15-13-21(14-16-23)17-30(32)33/h2-16,20,24,28,31H,17-19H2,1H3,(H,32,33)/t20-,24-,28+/m1/s1. The summed E-state index contributed by atoms with van der Waals surface area (Å²) >= 11 is 0. The number of carboxylic acids is 1. The first-order valence-corrected chi connectivity index (χ1v) is 11.9. The van der Waals surface area contributed by atoms with Gasteiger partial charge in [-0.2, -0.15) is 0 Å². The van der Waals surface area contributed by atoms with Gasteiger partial charge in [0, 0.05) is 24.1 Å². The van der Waals surface area contributed by atoms with Gasteiger partial charge in [-0.3, -0.25) is 4.79 Å². The first kappa shape index (κ1) is 22.2. The second-order valence-electron chi connectivity index (χ2n) is 9.08. The van der Waals surface area contributed by atoms with E-state index in [0.717, 1.165) is 24.3 Å². The van der Waals surface area contributed by atoms with Crippen LogP contribution in [0.25, 0.3) is 10.8 Å². The van der Waals surface area contributed by atoms with Gasteiger partial charge in [-0.05, 0) is 46.9 Å². The largest absolute Gasteiger partial charge is 0.489 e. The van der Waals surface area contributed by atoms with E-state index >= 15 is 0 Å². The van der Waals surface area contributed by atoms with Crippen molar-refractivity contribution >= 4 is 16.7 Å². The van der Waals surface area contributed by atoms with Crippen LogP contribution >= 0.6 is 0 Å². The average molecular weight is 452 g/mol. The molecular weight excluding hydrogens is 422 g/mol. The van der Waals surface area contributed by atoms with Crippen LogP contribution < -0.4 is 10.1 Å². The van der Waals surface area contributed by atoms with Gasteiger partial charge in [-0.15, -0.1) is 0 Å². The minimum atomic E-state index is -0.810. The maximum Gasteiger partial charge on any atom is 0.307 e. The number of para-hydroxylation sites is 1. The molecule has 0 aromatic heterocycles. The lowest BCUT2D eigenvalue weighted by molar-refractivity contribution is -0.136. The molecule has 172 valence electrons. The summed E-state index contributed by atoms with van der Waals surface area (Å²) in [5.41, 5.74) is 4.49. The van der Waals surface area contributed by atoms with Crippen molar-refractivity contribution in [3.05, 3.63) is 113 Å². The summed E-state index contributed by atoms with van der Waals surface area (Å²) in [6.45, 7) is 2.95. The molecule has 34 heavy (non-hydrogen) atoms. The monoisotopic (exact) mass is 451 g/mol. The van der Waals surface area contributed by atoms with Crippen LogP contribution in [0, 0.1) is 0 Å². The Morgan fingerprint density at radius 1 is 0.971 bits per heavy atom. The van der Waals surface area contributed by atoms with Crippen molar-refractivity contribution in [1.29, 1.82) is 0 Å². The number of hydrogen-bond donors (Lipinski definition) is 2. The molecule has 2 N–H and O–H groups in total. The summed E-state index contributed by atoms with van der Waals surface area (Å²) < 4.78 is 6.39. The molecule has 4 nitrogen and oxygen atoms in total. The number of ether oxygens (including phenoxy) is 1. The van der Waals surface area contributed by atoms with E-state index in [2.05, 4.69) is 79.0 Å². The molecule has 0 bridgehead atoms. The first-order chi connectivity index (χ1) is 16.6. The van der Waals surface area contributed by atoms with Gasteiger partial charge in [0.25, 0.3) is 0 Å². The second-order valence-corrected chi connectivity index (χ2v) is 9.08. The zero-order valence-electron chi connectivity index (χ0n) is 19.3. The number of carbonyl (C=O) groups is 1. The van der Waals surface area contributed by atoms with Crippen LogP contribution in [-0.4, -0.2) is 23.7 Å². The molecule has 0 saturated carbocycles. The van der Waals surface area contributed by atoms with Crippen LogP contribution in [0.3, 0.4) is 0 Å². The SMILES string of the molecule is C[C@@H](NC[C@H]1C[C@@H](c2ccc(CC(=O)O)cc2)c2ccccc2O1)c1cccc2ccccc12. The van der Waals surface area contributed by atoms with E-state index in [1.807, 2.05) is 24.3 Å². The number of aliphatic carboxylic acids is 1. The Morgan fingerprint density at radius 2 is 1.71 bits per heavy atom. The molecule has 4 aromatic carbocycles. The van der Waals surface area contributed by atoms with Gasteiger partial charge < -0.3 is 15.2 Å². The molecule has 4 heteroatoms. The highest BCUT2D eigenvalue weighted by molar-refractivity contribution is 5.86. The van der Waals surface area contributed by atoms with E-state index in [-0.39, 0.29) is 24.5 Å². The molecule has 0 spiro atoms. The molecule has 0 unspecified atom stereocenters. The van der Waals surface area contributed by atoms with Crippen LogP contribution in [0.15, 0.2) is 91.0 Å². The molecule has 1 aliphatic rings. The van der Waals surface area contributed by atoms with Gasteiger partial charge in [0.05, 0.1) is 6.42 Å². The lowest BCUT2D eigenvalue weighted by Crippen LogP contribution is -2.37. The van der Waals surface area contributed by atoms with E-state index < -0.39 is 5.97 Å². The maximum absolute atomic E-state index is 11.0. The zero-order chi connectivity index (χ0) is 23.5. The zero-order valence-corrected chi connectivity index (χ0v) is 19.3. The van der Waals surface area contributed by atoms with E-state index in [1.165, 1.54) is 27.5 Å². The summed E-state index contributed by atoms with van der Waals surface area (Å²) in [5, 5.41) is 15.3. The number of nitrogens with one attached hydrogen (secondary N) is 1. The lowest BCUT2D eigenvalue weighted by Gasteiger charge is -2.33. The molecule has 0 aliphatic carbocycles. The molecular formula is C30H29NO3. The maximum atomic E-state index is 11.0. The summed E-state index contributed by atoms with van der Waals surface area (Å²) in [5.74, 6) is 0.331. The Kier molecular flexibility index (Phi) is 6.33. The molecule has 4 aromatic rings. The number of fused-ring (bicyclic) bond motifs is 2. The minimum Gasteiger partial charge on any atom is -0.489 e. The molecule has 1 heterocycles. The van der Waals surface area contributed by atoms with Crippen LogP contribution in [0.2, 0.25) is 0 Å². The number of benzene rings is 4. The Morgan fingerprint density at radius 3 is 2.53 bits per heavy atom. The molecule has 0 saturated heterocycles. The Labute approximate surface area is 200 Å². The third-order valence-electron chi connectivity index (χ3n) is 6.77. The predicted octanol–water partition coefficient (Wildman–Crippen LogP) is 6.10. The molecule has 1 aliphatic heterocycles. The topological polar surface area (TPSA) is 58.6 Å². The normalized spacial score (nSPS) is 18.1. The summed E-state index contributed by atoms with van der Waals surface area (Å²) in [7, 11) is 0. The molecule has 0 amide bonds. The quantitative estimate of drug-likeness (QED) is 0.356. The minimum absolute atomic E-state index is 0.0380. The fourth-order valence-corrected chi connectivity index (χ4v) is 5.02. The number of carboxylic acid groups (broad SMARTS) is 1. The van der Waals surface area contributed by atoms with Crippen molar-refractivity contribution in [3.63, 3.8) is 0 Å². The van der Waals surface area contributed by atoms with Crippen molar-refractivity contribution in [1.82, 2.24) is 5.32 Å². The van der Waals surface area contributed by atoms with E-state index in [4.69, 9.17) is 9.84 Å². The summed E-state index contributed by atoms with van der Waals surface area (Å²) in [6.07, 6.45) is 0.948. The highest BCUT2D eigenvalue weighted by atomic mass is 16.5. The molecule has 0 fully saturated rings. The van der Waals surface area contributed by atoms with Gasteiger partial charge in [0.15, 0.2) is 0 Å². The van der Waals surface area contributed by atoms with Crippen molar-refractivity contribution in [2.75, 3.05) is 6.54 Å². The summed E-state index contributed by atoms with van der Waals surface area (Å²) in [4.78, 5) is 11.0. The van der Waals surface area contributed by atoms with E-state index in [1.54, 1.807) is 0 Å². The number of hydrogen-bond acceptors (Lipinski definition) is 3. The Balaban J connectivity index is 1.34. The van der Waals surface area contributed by atoms with Gasteiger partial charge in [-0.25, -0.2) is 0 Å². The third kappa shape index (κ3) is 4.68. The van der Waals surface area contributed by atoms with Crippen LogP contribution in [0.5, 0.6) is 5.75 Å². The fraction of sp³-hybridized carbons (Fsp3) is 0.233.